The highest BCUT2D eigenvalue weighted by atomic mass is 32.2. The van der Waals surface area contributed by atoms with Gasteiger partial charge in [0.05, 0.1) is 11.4 Å². The van der Waals surface area contributed by atoms with Crippen LogP contribution in [0.25, 0.3) is 0 Å². The molecular formula is C13H15N3O3S2. The minimum Gasteiger partial charge on any atom is -0.360 e. The molecule has 0 atom stereocenters. The Hall–Kier alpha value is -1.66. The molecule has 8 heteroatoms. The summed E-state index contributed by atoms with van der Waals surface area (Å²) in [6, 6.07) is 3.67. The average molecular weight is 325 g/mol. The molecule has 0 saturated heterocycles. The maximum absolute atomic E-state index is 12.2. The van der Waals surface area contributed by atoms with E-state index in [0.717, 1.165) is 9.75 Å². The minimum atomic E-state index is -3.64. The van der Waals surface area contributed by atoms with Gasteiger partial charge in [-0.1, -0.05) is 17.0 Å². The zero-order valence-electron chi connectivity index (χ0n) is 11.6. The number of aromatic nitrogens is 1. The van der Waals surface area contributed by atoms with Crippen LogP contribution in [0.3, 0.4) is 0 Å². The van der Waals surface area contributed by atoms with Crippen molar-refractivity contribution in [1.29, 1.82) is 0 Å². The molecule has 2 rings (SSSR count). The maximum Gasteiger partial charge on any atom is 0.246 e. The summed E-state index contributed by atoms with van der Waals surface area (Å²) in [6.45, 7) is 3.66. The summed E-state index contributed by atoms with van der Waals surface area (Å²) >= 11 is 1.42. The first kappa shape index (κ1) is 15.7. The number of rotatable bonds is 4. The number of aryl methyl sites for hydroxylation is 2. The van der Waals surface area contributed by atoms with Gasteiger partial charge in [0.1, 0.15) is 10.6 Å². The fraction of sp³-hybridized carbons (Fsp3) is 0.308. The van der Waals surface area contributed by atoms with E-state index in [1.807, 2.05) is 12.1 Å². The first-order valence-electron chi connectivity index (χ1n) is 6.14. The number of hydrogen-bond donors (Lipinski definition) is 2. The van der Waals surface area contributed by atoms with Gasteiger partial charge >= 0.3 is 0 Å². The molecule has 21 heavy (non-hydrogen) atoms. The van der Waals surface area contributed by atoms with Crippen molar-refractivity contribution >= 4 is 21.4 Å². The zero-order chi connectivity index (χ0) is 15.5. The maximum atomic E-state index is 12.2. The molecule has 0 aromatic carbocycles. The van der Waals surface area contributed by atoms with Gasteiger partial charge in [0.15, 0.2) is 5.76 Å². The number of thiophene rings is 1. The first-order valence-corrected chi connectivity index (χ1v) is 8.44. The van der Waals surface area contributed by atoms with E-state index >= 15 is 0 Å². The fourth-order valence-electron chi connectivity index (χ4n) is 1.77. The van der Waals surface area contributed by atoms with Crippen LogP contribution in [0.5, 0.6) is 0 Å². The standard InChI is InChI=1S/C13H15N3O3S2/c1-9-13(10(2)19-16-9)21(17,18)15-8-12-6-5-11(20-12)4-3-7-14/h5-6,15H,7-8,14H2,1-2H3. The number of nitrogens with two attached hydrogens (primary N) is 1. The molecule has 0 unspecified atom stereocenters. The predicted molar refractivity (Wildman–Crippen MR) is 80.3 cm³/mol. The van der Waals surface area contributed by atoms with Gasteiger partial charge in [-0.3, -0.25) is 0 Å². The molecule has 0 radical (unpaired) electrons. The molecule has 112 valence electrons. The van der Waals surface area contributed by atoms with Gasteiger partial charge in [-0.05, 0) is 26.0 Å². The van der Waals surface area contributed by atoms with E-state index in [9.17, 15) is 8.42 Å². The minimum absolute atomic E-state index is 0.0993. The van der Waals surface area contributed by atoms with Crippen LogP contribution < -0.4 is 10.5 Å². The molecule has 0 amide bonds. The lowest BCUT2D eigenvalue weighted by molar-refractivity contribution is 0.390. The highest BCUT2D eigenvalue weighted by molar-refractivity contribution is 7.89. The van der Waals surface area contributed by atoms with Crippen LogP contribution in [0.15, 0.2) is 21.6 Å². The Bertz CT molecular complexity index is 775. The average Bonchev–Trinajstić information content (AvgIpc) is 3.01. The smallest absolute Gasteiger partial charge is 0.246 e. The second-order valence-electron chi connectivity index (χ2n) is 4.25. The van der Waals surface area contributed by atoms with Crippen LogP contribution >= 0.6 is 11.3 Å². The number of hydrogen-bond acceptors (Lipinski definition) is 6. The highest BCUT2D eigenvalue weighted by Gasteiger charge is 2.23. The summed E-state index contributed by atoms with van der Waals surface area (Å²) in [5.74, 6) is 5.94. The molecule has 0 aliphatic carbocycles. The SMILES string of the molecule is Cc1noc(C)c1S(=O)(=O)NCc1ccc(C#CCN)s1. The third-order valence-corrected chi connectivity index (χ3v) is 5.29. The van der Waals surface area contributed by atoms with Crippen LogP contribution in [-0.2, 0) is 16.6 Å². The van der Waals surface area contributed by atoms with E-state index in [4.69, 9.17) is 10.3 Å². The van der Waals surface area contributed by atoms with Crippen LogP contribution in [0.2, 0.25) is 0 Å². The second kappa shape index (κ2) is 6.41. The van der Waals surface area contributed by atoms with Gasteiger partial charge in [0.2, 0.25) is 10.0 Å². The summed E-state index contributed by atoms with van der Waals surface area (Å²) in [7, 11) is -3.64. The molecule has 2 aromatic rings. The van der Waals surface area contributed by atoms with Gasteiger partial charge in [-0.2, -0.15) is 0 Å². The summed E-state index contributed by atoms with van der Waals surface area (Å²) < 4.78 is 31.9. The van der Waals surface area contributed by atoms with Crippen molar-refractivity contribution in [1.82, 2.24) is 9.88 Å². The molecule has 0 spiro atoms. The van der Waals surface area contributed by atoms with Crippen molar-refractivity contribution in [2.75, 3.05) is 6.54 Å². The molecule has 2 aromatic heterocycles. The quantitative estimate of drug-likeness (QED) is 0.822. The van der Waals surface area contributed by atoms with E-state index < -0.39 is 10.0 Å². The number of sulfonamides is 1. The number of nitrogens with zero attached hydrogens (tertiary/aromatic N) is 1. The Kier molecular flexibility index (Phi) is 4.80. The Morgan fingerprint density at radius 1 is 1.43 bits per heavy atom. The summed E-state index contributed by atoms with van der Waals surface area (Å²) in [5, 5.41) is 3.65. The predicted octanol–water partition coefficient (Wildman–Crippen LogP) is 1.14. The third-order valence-electron chi connectivity index (χ3n) is 2.65. The van der Waals surface area contributed by atoms with Crippen molar-refractivity contribution < 1.29 is 12.9 Å². The lowest BCUT2D eigenvalue weighted by atomic mass is 10.4. The zero-order valence-corrected chi connectivity index (χ0v) is 13.3. The lowest BCUT2D eigenvalue weighted by Crippen LogP contribution is -2.23. The second-order valence-corrected chi connectivity index (χ2v) is 7.12. The summed E-state index contributed by atoms with van der Waals surface area (Å²) in [5.41, 5.74) is 5.65. The highest BCUT2D eigenvalue weighted by Crippen LogP contribution is 2.20. The number of nitrogens with one attached hydrogen (secondary N) is 1. The topological polar surface area (TPSA) is 98.2 Å². The van der Waals surface area contributed by atoms with Crippen molar-refractivity contribution in [3.63, 3.8) is 0 Å². The summed E-state index contributed by atoms with van der Waals surface area (Å²) in [6.07, 6.45) is 0. The molecule has 6 nitrogen and oxygen atoms in total. The molecule has 0 saturated carbocycles. The van der Waals surface area contributed by atoms with Gasteiger partial charge in [0.25, 0.3) is 0 Å². The van der Waals surface area contributed by atoms with Crippen LogP contribution in [0, 0.1) is 25.7 Å². The molecular weight excluding hydrogens is 310 g/mol. The van der Waals surface area contributed by atoms with Gasteiger partial charge in [-0.15, -0.1) is 11.3 Å². The normalized spacial score (nSPS) is 11.2. The van der Waals surface area contributed by atoms with Crippen molar-refractivity contribution in [2.24, 2.45) is 5.73 Å². The van der Waals surface area contributed by atoms with Crippen molar-refractivity contribution in [2.45, 2.75) is 25.3 Å². The molecule has 2 heterocycles. The van der Waals surface area contributed by atoms with E-state index in [0.29, 0.717) is 12.2 Å². The Labute approximate surface area is 127 Å². The van der Waals surface area contributed by atoms with E-state index in [2.05, 4.69) is 21.7 Å². The largest absolute Gasteiger partial charge is 0.360 e. The van der Waals surface area contributed by atoms with E-state index in [1.165, 1.54) is 11.3 Å². The molecule has 0 fully saturated rings. The molecule has 0 aliphatic rings. The third kappa shape index (κ3) is 3.71. The van der Waals surface area contributed by atoms with Crippen LogP contribution in [0.4, 0.5) is 0 Å². The van der Waals surface area contributed by atoms with E-state index in [-0.39, 0.29) is 17.2 Å². The fourth-order valence-corrected chi connectivity index (χ4v) is 4.02. The van der Waals surface area contributed by atoms with Gasteiger partial charge in [0, 0.05) is 11.4 Å². The Balaban J connectivity index is 2.11. The van der Waals surface area contributed by atoms with Gasteiger partial charge < -0.3 is 10.3 Å². The monoisotopic (exact) mass is 325 g/mol. The van der Waals surface area contributed by atoms with Crippen LogP contribution in [0.1, 0.15) is 21.2 Å². The Morgan fingerprint density at radius 2 is 2.19 bits per heavy atom. The summed E-state index contributed by atoms with van der Waals surface area (Å²) in [4.78, 5) is 1.82. The molecule has 3 N–H and O–H groups in total. The lowest BCUT2D eigenvalue weighted by Gasteiger charge is -2.04. The van der Waals surface area contributed by atoms with Crippen molar-refractivity contribution in [3.05, 3.63) is 33.3 Å². The Morgan fingerprint density at radius 3 is 2.81 bits per heavy atom. The van der Waals surface area contributed by atoms with Crippen LogP contribution in [-0.4, -0.2) is 20.1 Å². The van der Waals surface area contributed by atoms with E-state index in [1.54, 1.807) is 13.8 Å². The first-order chi connectivity index (χ1) is 9.94. The van der Waals surface area contributed by atoms with Gasteiger partial charge in [-0.25, -0.2) is 13.1 Å². The molecule has 0 aliphatic heterocycles. The molecule has 0 bridgehead atoms. The van der Waals surface area contributed by atoms with Crippen molar-refractivity contribution in [3.8, 4) is 11.8 Å².